The molecule has 0 aliphatic heterocycles. The van der Waals surface area contributed by atoms with Crippen LogP contribution >= 0.6 is 0 Å². The summed E-state index contributed by atoms with van der Waals surface area (Å²) in [4.78, 5) is 4.16. The van der Waals surface area contributed by atoms with Gasteiger partial charge in [0.1, 0.15) is 0 Å². The van der Waals surface area contributed by atoms with Crippen molar-refractivity contribution in [2.45, 2.75) is 128 Å². The Bertz CT molecular complexity index is 245. The Kier molecular flexibility index (Phi) is 61.5. The minimum Gasteiger partial charge on any atom is -0.262 e. The Morgan fingerprint density at radius 3 is 1.36 bits per heavy atom. The molecular formula is C24H53N. The summed E-state index contributed by atoms with van der Waals surface area (Å²) in [6.07, 6.45) is 14.3. The number of hydrogen-bond acceptors (Lipinski definition) is 1. The quantitative estimate of drug-likeness (QED) is 0.384. The Morgan fingerprint density at radius 2 is 1.16 bits per heavy atom. The van der Waals surface area contributed by atoms with Crippen LogP contribution in [0.2, 0.25) is 0 Å². The molecule has 0 rings (SSSR count). The molecule has 0 heterocycles. The molecule has 0 aliphatic rings. The molecule has 0 aliphatic carbocycles. The van der Waals surface area contributed by atoms with E-state index in [0.29, 0.717) is 0 Å². The van der Waals surface area contributed by atoms with E-state index >= 15 is 0 Å². The van der Waals surface area contributed by atoms with Gasteiger partial charge >= 0.3 is 0 Å². The first-order chi connectivity index (χ1) is 12.0. The number of unbranched alkanes of at least 4 members (excludes halogenated alkanes) is 4. The predicted molar refractivity (Wildman–Crippen MR) is 125 cm³/mol. The van der Waals surface area contributed by atoms with Gasteiger partial charge in [-0.05, 0) is 32.3 Å². The Labute approximate surface area is 163 Å². The zero-order valence-electron chi connectivity index (χ0n) is 20.0. The molecule has 0 unspecified atom stereocenters. The first kappa shape index (κ1) is 35.3. The lowest BCUT2D eigenvalue weighted by Gasteiger charge is -1.98. The lowest BCUT2D eigenvalue weighted by molar-refractivity contribution is 0.772. The van der Waals surface area contributed by atoms with Gasteiger partial charge in [0.15, 0.2) is 0 Å². The maximum atomic E-state index is 4.16. The summed E-state index contributed by atoms with van der Waals surface area (Å²) >= 11 is 0. The van der Waals surface area contributed by atoms with Crippen LogP contribution in [0.25, 0.3) is 0 Å². The predicted octanol–water partition coefficient (Wildman–Crippen LogP) is 9.78. The summed E-state index contributed by atoms with van der Waals surface area (Å²) in [6.45, 7) is 26.7. The van der Waals surface area contributed by atoms with E-state index in [-0.39, 0.29) is 0 Å². The van der Waals surface area contributed by atoms with Gasteiger partial charge in [0.25, 0.3) is 0 Å². The topological polar surface area (TPSA) is 12.4 Å². The van der Waals surface area contributed by atoms with Crippen LogP contribution in [-0.2, 0) is 0 Å². The monoisotopic (exact) mass is 355 g/mol. The second kappa shape index (κ2) is 43.5. The van der Waals surface area contributed by atoms with Crippen LogP contribution in [0.1, 0.15) is 128 Å². The van der Waals surface area contributed by atoms with Gasteiger partial charge in [-0.15, -0.1) is 0 Å². The third-order valence-corrected chi connectivity index (χ3v) is 2.85. The number of allylic oxidation sites excluding steroid dienone is 3. The van der Waals surface area contributed by atoms with E-state index in [2.05, 4.69) is 59.2 Å². The molecule has 0 atom stereocenters. The molecule has 0 aromatic rings. The third-order valence-electron chi connectivity index (χ3n) is 2.85. The number of aliphatic imine (C=N–C) groups is 1. The summed E-state index contributed by atoms with van der Waals surface area (Å²) in [5.74, 6) is 0. The molecule has 0 saturated heterocycles. The van der Waals surface area contributed by atoms with Crippen LogP contribution in [0.15, 0.2) is 28.9 Å². The summed E-state index contributed by atoms with van der Waals surface area (Å²) in [5, 5.41) is 0. The molecule has 0 amide bonds. The molecule has 0 N–H and O–H groups in total. The van der Waals surface area contributed by atoms with Crippen molar-refractivity contribution < 1.29 is 0 Å². The second-order valence-corrected chi connectivity index (χ2v) is 5.31. The van der Waals surface area contributed by atoms with Crippen LogP contribution < -0.4 is 0 Å². The Hall–Kier alpha value is -0.850. The minimum atomic E-state index is 0.867. The molecule has 1 nitrogen and oxygen atoms in total. The fourth-order valence-corrected chi connectivity index (χ4v) is 1.21. The fourth-order valence-electron chi connectivity index (χ4n) is 1.21. The number of hydrogen-bond donors (Lipinski definition) is 0. The van der Waals surface area contributed by atoms with Gasteiger partial charge in [0.05, 0.1) is 0 Å². The first-order valence-corrected chi connectivity index (χ1v) is 10.9. The highest BCUT2D eigenvalue weighted by atomic mass is 14.7. The highest BCUT2D eigenvalue weighted by molar-refractivity contribution is 5.79. The molecule has 0 aromatic heterocycles. The van der Waals surface area contributed by atoms with Gasteiger partial charge in [0, 0.05) is 11.9 Å². The van der Waals surface area contributed by atoms with Crippen LogP contribution in [0.4, 0.5) is 0 Å². The standard InChI is InChI=1S/C11H19N.C5H12.C4H10.2C2H6/c1-5-7-8-11(6-2)9-12-10(3)4;1-3-5-4-2;1-3-4-2;2*1-2/h6,9H,3,5,7-8H2,1-2,4H3;3-5H2,1-2H3;3-4H2,1-2H3;2*1-2H3/b11-6-,12-9?;;;;. The third kappa shape index (κ3) is 59.9. The van der Waals surface area contributed by atoms with E-state index in [1.807, 2.05) is 40.8 Å². The Morgan fingerprint density at radius 1 is 0.760 bits per heavy atom. The van der Waals surface area contributed by atoms with Crippen molar-refractivity contribution in [3.05, 3.63) is 23.9 Å². The van der Waals surface area contributed by atoms with Crippen LogP contribution in [-0.4, -0.2) is 6.21 Å². The van der Waals surface area contributed by atoms with E-state index in [1.165, 1.54) is 50.5 Å². The van der Waals surface area contributed by atoms with Gasteiger partial charge < -0.3 is 0 Å². The van der Waals surface area contributed by atoms with E-state index < -0.39 is 0 Å². The molecule has 0 saturated carbocycles. The second-order valence-electron chi connectivity index (χ2n) is 5.31. The summed E-state index contributed by atoms with van der Waals surface area (Å²) in [7, 11) is 0. The smallest absolute Gasteiger partial charge is 0.0301 e. The summed E-state index contributed by atoms with van der Waals surface area (Å²) < 4.78 is 0. The Balaban J connectivity index is -0.0000000851. The van der Waals surface area contributed by atoms with Gasteiger partial charge in [-0.2, -0.15) is 0 Å². The SMILES string of the molecule is C=C(C)N=C/C(=C\C)CCCC.CC.CC.CCCC.CCCCC. The molecule has 0 spiro atoms. The molecule has 154 valence electrons. The molecule has 0 radical (unpaired) electrons. The van der Waals surface area contributed by atoms with Gasteiger partial charge in [-0.1, -0.05) is 113 Å². The minimum absolute atomic E-state index is 0.867. The highest BCUT2D eigenvalue weighted by Gasteiger charge is 1.90. The van der Waals surface area contributed by atoms with Gasteiger partial charge in [-0.3, -0.25) is 4.99 Å². The van der Waals surface area contributed by atoms with Crippen molar-refractivity contribution in [1.82, 2.24) is 0 Å². The largest absolute Gasteiger partial charge is 0.262 e. The lowest BCUT2D eigenvalue weighted by atomic mass is 10.1. The molecule has 0 aromatic carbocycles. The maximum Gasteiger partial charge on any atom is 0.0301 e. The average molecular weight is 356 g/mol. The molecule has 0 fully saturated rings. The number of nitrogens with zero attached hydrogens (tertiary/aromatic N) is 1. The van der Waals surface area contributed by atoms with Crippen molar-refractivity contribution in [1.29, 1.82) is 0 Å². The normalized spacial score (nSPS) is 9.32. The lowest BCUT2D eigenvalue weighted by Crippen LogP contribution is -1.85. The van der Waals surface area contributed by atoms with Gasteiger partial charge in [-0.25, -0.2) is 0 Å². The first-order valence-electron chi connectivity index (χ1n) is 10.9. The number of rotatable bonds is 8. The van der Waals surface area contributed by atoms with Crippen molar-refractivity contribution in [3.63, 3.8) is 0 Å². The van der Waals surface area contributed by atoms with Crippen LogP contribution in [0.3, 0.4) is 0 Å². The van der Waals surface area contributed by atoms with Crippen LogP contribution in [0.5, 0.6) is 0 Å². The summed E-state index contributed by atoms with van der Waals surface area (Å²) in [5.41, 5.74) is 2.17. The highest BCUT2D eigenvalue weighted by Crippen LogP contribution is 2.05. The van der Waals surface area contributed by atoms with Crippen molar-refractivity contribution in [3.8, 4) is 0 Å². The molecule has 1 heteroatoms. The molecular weight excluding hydrogens is 302 g/mol. The summed E-state index contributed by atoms with van der Waals surface area (Å²) in [6, 6.07) is 0. The average Bonchev–Trinajstić information content (AvgIpc) is 2.66. The fraction of sp³-hybridized carbons (Fsp3) is 0.792. The zero-order valence-corrected chi connectivity index (χ0v) is 20.0. The van der Waals surface area contributed by atoms with E-state index in [9.17, 15) is 0 Å². The van der Waals surface area contributed by atoms with Crippen molar-refractivity contribution in [2.75, 3.05) is 0 Å². The maximum absolute atomic E-state index is 4.16. The van der Waals surface area contributed by atoms with E-state index in [4.69, 9.17) is 0 Å². The zero-order chi connectivity index (χ0) is 20.9. The molecule has 0 bridgehead atoms. The van der Waals surface area contributed by atoms with Crippen molar-refractivity contribution in [2.24, 2.45) is 4.99 Å². The van der Waals surface area contributed by atoms with Crippen LogP contribution in [0, 0.1) is 0 Å². The van der Waals surface area contributed by atoms with Gasteiger partial charge in [0.2, 0.25) is 0 Å². The molecule has 25 heavy (non-hydrogen) atoms. The van der Waals surface area contributed by atoms with E-state index in [0.717, 1.165) is 12.1 Å². The van der Waals surface area contributed by atoms with Crippen molar-refractivity contribution >= 4 is 6.21 Å². The van der Waals surface area contributed by atoms with E-state index in [1.54, 1.807) is 0 Å².